The molecule has 1 unspecified atom stereocenters. The summed E-state index contributed by atoms with van der Waals surface area (Å²) in [6.07, 6.45) is 0.908. The molecule has 1 aliphatic rings. The normalized spacial score (nSPS) is 18.4. The van der Waals surface area contributed by atoms with Gasteiger partial charge < -0.3 is 25.4 Å². The number of hydrogen-bond donors (Lipinski definition) is 2. The van der Waals surface area contributed by atoms with Crippen LogP contribution in [0.15, 0.2) is 18.2 Å². The van der Waals surface area contributed by atoms with Crippen LogP contribution in [0.4, 0.5) is 11.4 Å². The van der Waals surface area contributed by atoms with Gasteiger partial charge in [-0.2, -0.15) is 0 Å². The van der Waals surface area contributed by atoms with Crippen LogP contribution in [0.1, 0.15) is 13.3 Å². The van der Waals surface area contributed by atoms with Crippen molar-refractivity contribution in [2.75, 3.05) is 44.0 Å². The van der Waals surface area contributed by atoms with Crippen LogP contribution in [0.5, 0.6) is 5.75 Å². The molecule has 1 aromatic rings. The lowest BCUT2D eigenvalue weighted by atomic mass is 10.1. The highest BCUT2D eigenvalue weighted by molar-refractivity contribution is 5.86. The van der Waals surface area contributed by atoms with Crippen LogP contribution in [0.3, 0.4) is 0 Å². The molecule has 116 valence electrons. The SMILES string of the molecule is CCCNC(=O)C1COCCN1c1cc(N)cc(OC)c1. The zero-order valence-corrected chi connectivity index (χ0v) is 12.6. The van der Waals surface area contributed by atoms with E-state index >= 15 is 0 Å². The van der Waals surface area contributed by atoms with Gasteiger partial charge in [-0.05, 0) is 12.5 Å². The van der Waals surface area contributed by atoms with E-state index in [0.29, 0.717) is 37.7 Å². The van der Waals surface area contributed by atoms with Crippen LogP contribution in [-0.2, 0) is 9.53 Å². The minimum absolute atomic E-state index is 0.0158. The molecule has 6 heteroatoms. The molecule has 0 radical (unpaired) electrons. The first kappa shape index (κ1) is 15.4. The topological polar surface area (TPSA) is 76.8 Å². The summed E-state index contributed by atoms with van der Waals surface area (Å²) in [7, 11) is 1.60. The van der Waals surface area contributed by atoms with Crippen molar-refractivity contribution in [3.05, 3.63) is 18.2 Å². The third kappa shape index (κ3) is 3.78. The molecular weight excluding hydrogens is 270 g/mol. The Morgan fingerprint density at radius 2 is 2.33 bits per heavy atom. The number of rotatable bonds is 5. The van der Waals surface area contributed by atoms with Gasteiger partial charge in [0.2, 0.25) is 5.91 Å². The second-order valence-electron chi connectivity index (χ2n) is 5.04. The highest BCUT2D eigenvalue weighted by Crippen LogP contribution is 2.28. The first-order valence-electron chi connectivity index (χ1n) is 7.22. The summed E-state index contributed by atoms with van der Waals surface area (Å²) in [5.41, 5.74) is 7.40. The van der Waals surface area contributed by atoms with Gasteiger partial charge in [0, 0.05) is 36.6 Å². The van der Waals surface area contributed by atoms with Crippen LogP contribution < -0.4 is 20.7 Å². The van der Waals surface area contributed by atoms with E-state index in [1.165, 1.54) is 0 Å². The van der Waals surface area contributed by atoms with E-state index < -0.39 is 0 Å². The number of morpholine rings is 1. The Morgan fingerprint density at radius 3 is 3.05 bits per heavy atom. The molecule has 0 aromatic heterocycles. The van der Waals surface area contributed by atoms with E-state index in [1.807, 2.05) is 24.0 Å². The number of anilines is 2. The predicted molar refractivity (Wildman–Crippen MR) is 82.7 cm³/mol. The number of carbonyl (C=O) groups excluding carboxylic acids is 1. The molecule has 1 aliphatic heterocycles. The van der Waals surface area contributed by atoms with Gasteiger partial charge in [-0.3, -0.25) is 4.79 Å². The van der Waals surface area contributed by atoms with Gasteiger partial charge >= 0.3 is 0 Å². The molecule has 0 saturated carbocycles. The molecule has 1 aromatic carbocycles. The molecule has 1 fully saturated rings. The molecule has 0 spiro atoms. The van der Waals surface area contributed by atoms with Crippen molar-refractivity contribution in [2.24, 2.45) is 0 Å². The minimum atomic E-state index is -0.336. The lowest BCUT2D eigenvalue weighted by Gasteiger charge is -2.36. The highest BCUT2D eigenvalue weighted by Gasteiger charge is 2.29. The number of nitrogens with zero attached hydrogens (tertiary/aromatic N) is 1. The largest absolute Gasteiger partial charge is 0.497 e. The van der Waals surface area contributed by atoms with Gasteiger partial charge in [-0.15, -0.1) is 0 Å². The van der Waals surface area contributed by atoms with Crippen molar-refractivity contribution in [2.45, 2.75) is 19.4 Å². The molecule has 1 saturated heterocycles. The monoisotopic (exact) mass is 293 g/mol. The van der Waals surface area contributed by atoms with Gasteiger partial charge in [0.25, 0.3) is 0 Å². The number of nitrogens with one attached hydrogen (secondary N) is 1. The Labute approximate surface area is 125 Å². The zero-order chi connectivity index (χ0) is 15.2. The Kier molecular flexibility index (Phi) is 5.27. The standard InChI is InChI=1S/C15H23N3O3/c1-3-4-17-15(19)14-10-21-6-5-18(14)12-7-11(16)8-13(9-12)20-2/h7-9,14H,3-6,10,16H2,1-2H3,(H,17,19). The number of nitrogen functional groups attached to an aromatic ring is 1. The van der Waals surface area contributed by atoms with E-state index in [4.69, 9.17) is 15.2 Å². The molecule has 21 heavy (non-hydrogen) atoms. The zero-order valence-electron chi connectivity index (χ0n) is 12.6. The fraction of sp³-hybridized carbons (Fsp3) is 0.533. The van der Waals surface area contributed by atoms with Gasteiger partial charge in [-0.25, -0.2) is 0 Å². The third-order valence-corrected chi connectivity index (χ3v) is 3.46. The van der Waals surface area contributed by atoms with Gasteiger partial charge in [-0.1, -0.05) is 6.92 Å². The first-order chi connectivity index (χ1) is 10.2. The maximum atomic E-state index is 12.3. The summed E-state index contributed by atoms with van der Waals surface area (Å²) in [5.74, 6) is 0.669. The molecule has 2 rings (SSSR count). The number of methoxy groups -OCH3 is 1. The van der Waals surface area contributed by atoms with Gasteiger partial charge in [0.15, 0.2) is 0 Å². The number of amides is 1. The quantitative estimate of drug-likeness (QED) is 0.792. The van der Waals surface area contributed by atoms with Crippen molar-refractivity contribution in [1.29, 1.82) is 0 Å². The Morgan fingerprint density at radius 1 is 1.52 bits per heavy atom. The van der Waals surface area contributed by atoms with Crippen LogP contribution in [0, 0.1) is 0 Å². The lowest BCUT2D eigenvalue weighted by Crippen LogP contribution is -2.54. The number of hydrogen-bond acceptors (Lipinski definition) is 5. The summed E-state index contributed by atoms with van der Waals surface area (Å²) < 4.78 is 10.7. The van der Waals surface area contributed by atoms with Crippen LogP contribution in [-0.4, -0.2) is 45.4 Å². The molecule has 0 aliphatic carbocycles. The number of carbonyl (C=O) groups is 1. The van der Waals surface area contributed by atoms with Gasteiger partial charge in [0.1, 0.15) is 11.8 Å². The smallest absolute Gasteiger partial charge is 0.245 e. The van der Waals surface area contributed by atoms with Crippen LogP contribution in [0.2, 0.25) is 0 Å². The second kappa shape index (κ2) is 7.17. The maximum Gasteiger partial charge on any atom is 0.245 e. The van der Waals surface area contributed by atoms with Crippen molar-refractivity contribution >= 4 is 17.3 Å². The van der Waals surface area contributed by atoms with Crippen molar-refractivity contribution in [1.82, 2.24) is 5.32 Å². The summed E-state index contributed by atoms with van der Waals surface area (Å²) in [5, 5.41) is 2.92. The molecule has 0 bridgehead atoms. The Hall–Kier alpha value is -1.95. The van der Waals surface area contributed by atoms with E-state index in [1.54, 1.807) is 13.2 Å². The summed E-state index contributed by atoms with van der Waals surface area (Å²) in [6, 6.07) is 5.17. The lowest BCUT2D eigenvalue weighted by molar-refractivity contribution is -0.124. The number of benzene rings is 1. The Bertz CT molecular complexity index is 493. The molecule has 6 nitrogen and oxygen atoms in total. The summed E-state index contributed by atoms with van der Waals surface area (Å²) in [4.78, 5) is 14.3. The third-order valence-electron chi connectivity index (χ3n) is 3.46. The highest BCUT2D eigenvalue weighted by atomic mass is 16.5. The number of nitrogens with two attached hydrogens (primary N) is 1. The molecule has 1 heterocycles. The minimum Gasteiger partial charge on any atom is -0.497 e. The average Bonchev–Trinajstić information content (AvgIpc) is 2.51. The Balaban J connectivity index is 2.21. The van der Waals surface area contributed by atoms with Gasteiger partial charge in [0.05, 0.1) is 20.3 Å². The summed E-state index contributed by atoms with van der Waals surface area (Å²) in [6.45, 7) is 4.32. The average molecular weight is 293 g/mol. The molecule has 1 atom stereocenters. The van der Waals surface area contributed by atoms with Crippen molar-refractivity contribution < 1.29 is 14.3 Å². The fourth-order valence-corrected chi connectivity index (χ4v) is 2.39. The summed E-state index contributed by atoms with van der Waals surface area (Å²) >= 11 is 0. The van der Waals surface area contributed by atoms with E-state index in [2.05, 4.69) is 5.32 Å². The number of ether oxygens (including phenoxy) is 2. The molecule has 1 amide bonds. The fourth-order valence-electron chi connectivity index (χ4n) is 2.39. The van der Waals surface area contributed by atoms with E-state index in [-0.39, 0.29) is 11.9 Å². The maximum absolute atomic E-state index is 12.3. The first-order valence-corrected chi connectivity index (χ1v) is 7.22. The predicted octanol–water partition coefficient (Wildman–Crippen LogP) is 1.01. The van der Waals surface area contributed by atoms with E-state index in [9.17, 15) is 4.79 Å². The van der Waals surface area contributed by atoms with Crippen molar-refractivity contribution in [3.63, 3.8) is 0 Å². The second-order valence-corrected chi connectivity index (χ2v) is 5.04. The van der Waals surface area contributed by atoms with Crippen molar-refractivity contribution in [3.8, 4) is 5.75 Å². The molecular formula is C15H23N3O3. The van der Waals surface area contributed by atoms with E-state index in [0.717, 1.165) is 12.1 Å². The molecule has 3 N–H and O–H groups in total. The van der Waals surface area contributed by atoms with Crippen LogP contribution >= 0.6 is 0 Å². The van der Waals surface area contributed by atoms with Crippen LogP contribution in [0.25, 0.3) is 0 Å².